The average Bonchev–Trinajstić information content (AvgIpc) is 2.51. The van der Waals surface area contributed by atoms with E-state index < -0.39 is 5.97 Å². The molecule has 1 aromatic rings. The van der Waals surface area contributed by atoms with Gasteiger partial charge in [-0.3, -0.25) is 4.90 Å². The Morgan fingerprint density at radius 2 is 2.10 bits per heavy atom. The van der Waals surface area contributed by atoms with Crippen molar-refractivity contribution in [3.8, 4) is 0 Å². The molecule has 0 aliphatic carbocycles. The van der Waals surface area contributed by atoms with Crippen LogP contribution in [0.15, 0.2) is 30.3 Å². The molecule has 21 heavy (non-hydrogen) atoms. The van der Waals surface area contributed by atoms with Crippen molar-refractivity contribution in [1.82, 2.24) is 4.90 Å². The molecule has 1 aromatic carbocycles. The first-order chi connectivity index (χ1) is 10.3. The Kier molecular flexibility index (Phi) is 6.40. The third kappa shape index (κ3) is 5.67. The van der Waals surface area contributed by atoms with E-state index in [1.807, 2.05) is 24.3 Å². The molecule has 1 fully saturated rings. The van der Waals surface area contributed by atoms with E-state index in [-0.39, 0.29) is 0 Å². The van der Waals surface area contributed by atoms with Crippen LogP contribution in [0.3, 0.4) is 0 Å². The first-order valence-corrected chi connectivity index (χ1v) is 7.12. The summed E-state index contributed by atoms with van der Waals surface area (Å²) in [6.07, 6.45) is 2.75. The molecule has 0 aromatic heterocycles. The molecule has 0 radical (unpaired) electrons. The van der Waals surface area contributed by atoms with Gasteiger partial charge in [0.1, 0.15) is 0 Å². The second-order valence-electron chi connectivity index (χ2n) is 4.88. The number of rotatable bonds is 7. The monoisotopic (exact) mass is 291 g/mol. The number of carbonyl (C=O) groups is 1. The standard InChI is InChI=1S/C16H21NO4/c18-16(19)6-5-14-3-1-2-4-15(14)13-21-12-9-17-7-10-20-11-8-17/h1-6H,7-13H2,(H,18,19)/b6-5+. The van der Waals surface area contributed by atoms with Crippen LogP contribution in [-0.2, 0) is 20.9 Å². The third-order valence-electron chi connectivity index (χ3n) is 3.37. The quantitative estimate of drug-likeness (QED) is 0.611. The number of aliphatic carboxylic acids is 1. The van der Waals surface area contributed by atoms with Crippen molar-refractivity contribution >= 4 is 12.0 Å². The van der Waals surface area contributed by atoms with Gasteiger partial charge < -0.3 is 14.6 Å². The molecule has 0 bridgehead atoms. The van der Waals surface area contributed by atoms with Gasteiger partial charge in [0.2, 0.25) is 0 Å². The molecule has 1 N–H and O–H groups in total. The van der Waals surface area contributed by atoms with Crippen molar-refractivity contribution in [2.45, 2.75) is 6.61 Å². The zero-order valence-electron chi connectivity index (χ0n) is 12.0. The zero-order valence-corrected chi connectivity index (χ0v) is 12.0. The molecular formula is C16H21NO4. The van der Waals surface area contributed by atoms with Crippen molar-refractivity contribution < 1.29 is 19.4 Å². The first-order valence-electron chi connectivity index (χ1n) is 7.12. The van der Waals surface area contributed by atoms with E-state index in [9.17, 15) is 4.79 Å². The van der Waals surface area contributed by atoms with Gasteiger partial charge in [-0.1, -0.05) is 24.3 Å². The van der Waals surface area contributed by atoms with E-state index in [0.29, 0.717) is 13.2 Å². The minimum absolute atomic E-state index is 0.491. The van der Waals surface area contributed by atoms with Crippen molar-refractivity contribution in [3.05, 3.63) is 41.5 Å². The van der Waals surface area contributed by atoms with Crippen molar-refractivity contribution in [1.29, 1.82) is 0 Å². The summed E-state index contributed by atoms with van der Waals surface area (Å²) in [5.74, 6) is -0.946. The van der Waals surface area contributed by atoms with Gasteiger partial charge in [-0.2, -0.15) is 0 Å². The predicted octanol–water partition coefficient (Wildman–Crippen LogP) is 1.63. The maximum Gasteiger partial charge on any atom is 0.328 e. The van der Waals surface area contributed by atoms with Crippen LogP contribution in [0.2, 0.25) is 0 Å². The molecule has 114 valence electrons. The van der Waals surface area contributed by atoms with E-state index in [4.69, 9.17) is 14.6 Å². The molecule has 1 aliphatic rings. The minimum Gasteiger partial charge on any atom is -0.478 e. The fourth-order valence-electron chi connectivity index (χ4n) is 2.19. The fourth-order valence-corrected chi connectivity index (χ4v) is 2.19. The smallest absolute Gasteiger partial charge is 0.328 e. The molecule has 1 aliphatic heterocycles. The summed E-state index contributed by atoms with van der Waals surface area (Å²) in [4.78, 5) is 12.9. The summed E-state index contributed by atoms with van der Waals surface area (Å²) >= 11 is 0. The number of morpholine rings is 1. The zero-order chi connectivity index (χ0) is 14.9. The highest BCUT2D eigenvalue weighted by Crippen LogP contribution is 2.12. The lowest BCUT2D eigenvalue weighted by Crippen LogP contribution is -2.38. The lowest BCUT2D eigenvalue weighted by Gasteiger charge is -2.26. The van der Waals surface area contributed by atoms with E-state index in [2.05, 4.69) is 4.90 Å². The SMILES string of the molecule is O=C(O)/C=C/c1ccccc1COCCN1CCOCC1. The Morgan fingerprint density at radius 3 is 2.86 bits per heavy atom. The molecule has 0 amide bonds. The second kappa shape index (κ2) is 8.56. The molecule has 2 rings (SSSR count). The maximum absolute atomic E-state index is 10.6. The van der Waals surface area contributed by atoms with Gasteiger partial charge in [-0.15, -0.1) is 0 Å². The summed E-state index contributed by atoms with van der Waals surface area (Å²) in [6, 6.07) is 7.66. The van der Waals surface area contributed by atoms with Gasteiger partial charge >= 0.3 is 5.97 Å². The molecule has 5 heteroatoms. The molecule has 0 saturated carbocycles. The van der Waals surface area contributed by atoms with Gasteiger partial charge in [0.15, 0.2) is 0 Å². The van der Waals surface area contributed by atoms with Crippen molar-refractivity contribution in [2.24, 2.45) is 0 Å². The van der Waals surface area contributed by atoms with Crippen LogP contribution in [0.5, 0.6) is 0 Å². The summed E-state index contributed by atoms with van der Waals surface area (Å²) in [6.45, 7) is 5.56. The van der Waals surface area contributed by atoms with Crippen LogP contribution < -0.4 is 0 Å². The van der Waals surface area contributed by atoms with E-state index >= 15 is 0 Å². The summed E-state index contributed by atoms with van der Waals surface area (Å²) in [5.41, 5.74) is 1.88. The highest BCUT2D eigenvalue weighted by Gasteiger charge is 2.09. The maximum atomic E-state index is 10.6. The molecule has 0 atom stereocenters. The number of hydrogen-bond donors (Lipinski definition) is 1. The number of carboxylic acids is 1. The summed E-state index contributed by atoms with van der Waals surface area (Å²) in [7, 11) is 0. The van der Waals surface area contributed by atoms with Crippen LogP contribution in [-0.4, -0.2) is 55.4 Å². The number of carboxylic acid groups (broad SMARTS) is 1. The number of ether oxygens (including phenoxy) is 2. The summed E-state index contributed by atoms with van der Waals surface area (Å²) < 4.78 is 11.0. The van der Waals surface area contributed by atoms with Gasteiger partial charge in [0.25, 0.3) is 0 Å². The molecule has 5 nitrogen and oxygen atoms in total. The number of hydrogen-bond acceptors (Lipinski definition) is 4. The van der Waals surface area contributed by atoms with Gasteiger partial charge in [0, 0.05) is 25.7 Å². The van der Waals surface area contributed by atoms with Crippen LogP contribution >= 0.6 is 0 Å². The highest BCUT2D eigenvalue weighted by molar-refractivity contribution is 5.85. The molecule has 0 unspecified atom stereocenters. The Morgan fingerprint density at radius 1 is 1.33 bits per heavy atom. The number of nitrogens with zero attached hydrogens (tertiary/aromatic N) is 1. The molecule has 0 spiro atoms. The highest BCUT2D eigenvalue weighted by atomic mass is 16.5. The van der Waals surface area contributed by atoms with E-state index in [1.54, 1.807) is 6.08 Å². The van der Waals surface area contributed by atoms with Crippen LogP contribution in [0.25, 0.3) is 6.08 Å². The minimum atomic E-state index is -0.946. The van der Waals surface area contributed by atoms with Crippen LogP contribution in [0, 0.1) is 0 Å². The lowest BCUT2D eigenvalue weighted by molar-refractivity contribution is -0.131. The Bertz CT molecular complexity index is 481. The number of benzene rings is 1. The van der Waals surface area contributed by atoms with E-state index in [1.165, 1.54) is 0 Å². The van der Waals surface area contributed by atoms with Gasteiger partial charge in [0.05, 0.1) is 26.4 Å². The molecular weight excluding hydrogens is 270 g/mol. The second-order valence-corrected chi connectivity index (χ2v) is 4.88. The van der Waals surface area contributed by atoms with Crippen LogP contribution in [0.4, 0.5) is 0 Å². The average molecular weight is 291 g/mol. The van der Waals surface area contributed by atoms with Crippen molar-refractivity contribution in [2.75, 3.05) is 39.5 Å². The lowest BCUT2D eigenvalue weighted by atomic mass is 10.1. The predicted molar refractivity (Wildman–Crippen MR) is 80.0 cm³/mol. The van der Waals surface area contributed by atoms with Crippen molar-refractivity contribution in [3.63, 3.8) is 0 Å². The Balaban J connectivity index is 1.78. The molecule has 1 saturated heterocycles. The van der Waals surface area contributed by atoms with Gasteiger partial charge in [-0.05, 0) is 17.2 Å². The fraction of sp³-hybridized carbons (Fsp3) is 0.438. The van der Waals surface area contributed by atoms with Crippen LogP contribution in [0.1, 0.15) is 11.1 Å². The van der Waals surface area contributed by atoms with Gasteiger partial charge in [-0.25, -0.2) is 4.79 Å². The topological polar surface area (TPSA) is 59.0 Å². The Hall–Kier alpha value is -1.69. The molecule has 1 heterocycles. The third-order valence-corrected chi connectivity index (χ3v) is 3.37. The van der Waals surface area contributed by atoms with E-state index in [0.717, 1.165) is 50.1 Å². The normalized spacial score (nSPS) is 16.4. The first kappa shape index (κ1) is 15.7. The summed E-state index contributed by atoms with van der Waals surface area (Å²) in [5, 5.41) is 8.69. The largest absolute Gasteiger partial charge is 0.478 e. The Labute approximate surface area is 124 Å².